The monoisotopic (exact) mass is 607 g/mol. The Morgan fingerprint density at radius 2 is 1.70 bits per heavy atom. The number of benzene rings is 1. The van der Waals surface area contributed by atoms with E-state index in [0.29, 0.717) is 32.0 Å². The van der Waals surface area contributed by atoms with Gasteiger partial charge in [0.2, 0.25) is 17.6 Å². The molecule has 6 N–H and O–H groups in total. The second-order valence-corrected chi connectivity index (χ2v) is 10.5. The molecule has 2 aromatic heterocycles. The third-order valence-electron chi connectivity index (χ3n) is 7.37. The zero-order chi connectivity index (χ0) is 31.2. The fourth-order valence-electron chi connectivity index (χ4n) is 5.08. The number of anilines is 1. The van der Waals surface area contributed by atoms with Crippen LogP contribution >= 0.6 is 0 Å². The topological polar surface area (TPSA) is 218 Å². The van der Waals surface area contributed by atoms with Crippen molar-refractivity contribution in [1.29, 1.82) is 0 Å². The van der Waals surface area contributed by atoms with Crippen molar-refractivity contribution in [3.8, 4) is 0 Å². The number of nitrogens with two attached hydrogens (primary N) is 1. The van der Waals surface area contributed by atoms with E-state index < -0.39 is 42.4 Å². The summed E-state index contributed by atoms with van der Waals surface area (Å²) in [7, 11) is 0. The van der Waals surface area contributed by atoms with E-state index in [9.17, 15) is 29.4 Å². The SMILES string of the molecule is NC(=O)c1ncn([C@@H]2O[C@H](C(=O)N[C@H](Cc3ccccc3)C(=O)N3CCN(CC(=O)Nc4ccccn4)CC3)[C@@H](O)[C@H]2O)n1. The number of hydrogen-bond acceptors (Lipinski definition) is 11. The predicted octanol–water partition coefficient (Wildman–Crippen LogP) is -2.10. The normalized spacial score (nSPS) is 22.7. The number of rotatable bonds is 10. The Balaban J connectivity index is 1.22. The van der Waals surface area contributed by atoms with Crippen LogP contribution in [0.2, 0.25) is 0 Å². The van der Waals surface area contributed by atoms with Crippen molar-refractivity contribution < 1.29 is 34.1 Å². The summed E-state index contributed by atoms with van der Waals surface area (Å²) in [4.78, 5) is 62.2. The van der Waals surface area contributed by atoms with Gasteiger partial charge in [0.25, 0.3) is 11.8 Å². The highest BCUT2D eigenvalue weighted by molar-refractivity contribution is 5.92. The lowest BCUT2D eigenvalue weighted by Crippen LogP contribution is -2.57. The van der Waals surface area contributed by atoms with Crippen LogP contribution in [0.3, 0.4) is 0 Å². The number of nitrogens with one attached hydrogen (secondary N) is 2. The fourth-order valence-corrected chi connectivity index (χ4v) is 5.08. The lowest BCUT2D eigenvalue weighted by atomic mass is 10.0. The Labute approximate surface area is 251 Å². The highest BCUT2D eigenvalue weighted by Crippen LogP contribution is 2.29. The molecule has 2 aliphatic heterocycles. The molecule has 0 spiro atoms. The van der Waals surface area contributed by atoms with Crippen molar-refractivity contribution in [3.63, 3.8) is 0 Å². The first-order valence-electron chi connectivity index (χ1n) is 14.0. The molecule has 0 radical (unpaired) electrons. The Kier molecular flexibility index (Phi) is 9.54. The summed E-state index contributed by atoms with van der Waals surface area (Å²) in [6, 6.07) is 13.3. The lowest BCUT2D eigenvalue weighted by molar-refractivity contribution is -0.144. The van der Waals surface area contributed by atoms with E-state index in [1.54, 1.807) is 29.3 Å². The lowest BCUT2D eigenvalue weighted by Gasteiger charge is -2.36. The minimum atomic E-state index is -1.66. The molecule has 0 aliphatic carbocycles. The van der Waals surface area contributed by atoms with Crippen molar-refractivity contribution in [2.24, 2.45) is 5.73 Å². The summed E-state index contributed by atoms with van der Waals surface area (Å²) in [5.41, 5.74) is 5.97. The number of hydrogen-bond donors (Lipinski definition) is 5. The minimum absolute atomic E-state index is 0.135. The molecule has 0 saturated carbocycles. The van der Waals surface area contributed by atoms with Gasteiger partial charge in [0, 0.05) is 38.8 Å². The van der Waals surface area contributed by atoms with E-state index in [0.717, 1.165) is 16.6 Å². The number of carbonyl (C=O) groups excluding carboxylic acids is 4. The van der Waals surface area contributed by atoms with E-state index in [1.165, 1.54) is 0 Å². The van der Waals surface area contributed by atoms with E-state index >= 15 is 0 Å². The molecule has 4 amide bonds. The fraction of sp³-hybridized carbons (Fsp3) is 0.393. The smallest absolute Gasteiger partial charge is 0.288 e. The van der Waals surface area contributed by atoms with E-state index in [-0.39, 0.29) is 30.6 Å². The summed E-state index contributed by atoms with van der Waals surface area (Å²) in [6.07, 6.45) is -3.27. The zero-order valence-electron chi connectivity index (χ0n) is 23.6. The molecular weight excluding hydrogens is 574 g/mol. The second kappa shape index (κ2) is 13.7. The summed E-state index contributed by atoms with van der Waals surface area (Å²) >= 11 is 0. The molecule has 44 heavy (non-hydrogen) atoms. The molecule has 16 heteroatoms. The Hall–Kier alpha value is -4.77. The Morgan fingerprint density at radius 1 is 0.977 bits per heavy atom. The van der Waals surface area contributed by atoms with Crippen LogP contribution in [0.1, 0.15) is 22.4 Å². The van der Waals surface area contributed by atoms with Gasteiger partial charge < -0.3 is 36.2 Å². The first-order chi connectivity index (χ1) is 21.2. The van der Waals surface area contributed by atoms with Crippen molar-refractivity contribution in [1.82, 2.24) is 34.9 Å². The first-order valence-corrected chi connectivity index (χ1v) is 14.0. The van der Waals surface area contributed by atoms with Gasteiger partial charge in [0.05, 0.1) is 6.54 Å². The molecule has 5 rings (SSSR count). The van der Waals surface area contributed by atoms with Gasteiger partial charge in [-0.3, -0.25) is 24.1 Å². The zero-order valence-corrected chi connectivity index (χ0v) is 23.6. The van der Waals surface area contributed by atoms with Crippen LogP contribution in [0.25, 0.3) is 0 Å². The Morgan fingerprint density at radius 3 is 2.36 bits per heavy atom. The number of aliphatic hydroxyl groups excluding tert-OH is 2. The number of piperazine rings is 1. The number of pyridine rings is 1. The second-order valence-electron chi connectivity index (χ2n) is 10.5. The quantitative estimate of drug-likeness (QED) is 0.168. The predicted molar refractivity (Wildman–Crippen MR) is 152 cm³/mol. The van der Waals surface area contributed by atoms with Gasteiger partial charge in [-0.05, 0) is 17.7 Å². The minimum Gasteiger partial charge on any atom is -0.387 e. The molecular formula is C28H33N9O7. The summed E-state index contributed by atoms with van der Waals surface area (Å²) < 4.78 is 6.61. The third-order valence-corrected chi connectivity index (χ3v) is 7.37. The largest absolute Gasteiger partial charge is 0.387 e. The molecule has 4 heterocycles. The van der Waals surface area contributed by atoms with Gasteiger partial charge in [0.15, 0.2) is 12.3 Å². The van der Waals surface area contributed by atoms with Crippen LogP contribution < -0.4 is 16.4 Å². The van der Waals surface area contributed by atoms with Crippen molar-refractivity contribution in [3.05, 3.63) is 72.4 Å². The average molecular weight is 608 g/mol. The maximum atomic E-state index is 13.7. The number of ether oxygens (including phenoxy) is 1. The van der Waals surface area contributed by atoms with Crippen LogP contribution in [-0.2, 0) is 25.5 Å². The molecule has 16 nitrogen and oxygen atoms in total. The molecule has 3 aromatic rings. The summed E-state index contributed by atoms with van der Waals surface area (Å²) in [5.74, 6) is -2.14. The highest BCUT2D eigenvalue weighted by Gasteiger charge is 2.48. The van der Waals surface area contributed by atoms with E-state index in [1.807, 2.05) is 35.2 Å². The molecule has 232 valence electrons. The molecule has 2 fully saturated rings. The van der Waals surface area contributed by atoms with Gasteiger partial charge in [-0.1, -0.05) is 36.4 Å². The molecule has 1 aromatic carbocycles. The molecule has 2 saturated heterocycles. The third kappa shape index (κ3) is 7.23. The van der Waals surface area contributed by atoms with Crippen molar-refractivity contribution in [2.45, 2.75) is 37.0 Å². The maximum Gasteiger partial charge on any atom is 0.288 e. The van der Waals surface area contributed by atoms with Crippen LogP contribution in [0.5, 0.6) is 0 Å². The number of carbonyl (C=O) groups is 4. The van der Waals surface area contributed by atoms with Crippen molar-refractivity contribution in [2.75, 3.05) is 38.0 Å². The number of aliphatic hydroxyl groups is 2. The molecule has 2 aliphatic rings. The van der Waals surface area contributed by atoms with Crippen LogP contribution in [0, 0.1) is 0 Å². The standard InChI is InChI=1S/C28H33N9O7/c29-24(41)25-31-16-37(34-25)28-22(40)21(39)23(44-28)26(42)32-18(14-17-6-2-1-3-7-17)27(43)36-12-10-35(11-13-36)15-20(38)33-19-8-4-5-9-30-19/h1-9,16,18,21-23,28,39-40H,10-15H2,(H2,29,41)(H,32,42)(H,30,33,38)/t18-,21+,22-,23+,28-/m1/s1. The highest BCUT2D eigenvalue weighted by atomic mass is 16.6. The average Bonchev–Trinajstić information content (AvgIpc) is 3.63. The van der Waals surface area contributed by atoms with Gasteiger partial charge in [-0.2, -0.15) is 0 Å². The number of primary amides is 1. The molecule has 5 atom stereocenters. The van der Waals surface area contributed by atoms with Gasteiger partial charge in [-0.15, -0.1) is 5.10 Å². The molecule has 0 unspecified atom stereocenters. The number of aromatic nitrogens is 4. The van der Waals surface area contributed by atoms with Crippen LogP contribution in [-0.4, -0.2) is 120 Å². The number of amides is 4. The van der Waals surface area contributed by atoms with E-state index in [2.05, 4.69) is 25.7 Å². The maximum absolute atomic E-state index is 13.7. The molecule has 0 bridgehead atoms. The van der Waals surface area contributed by atoms with Gasteiger partial charge in [0.1, 0.15) is 30.4 Å². The summed E-state index contributed by atoms with van der Waals surface area (Å²) in [5, 5.41) is 30.5. The van der Waals surface area contributed by atoms with Gasteiger partial charge >= 0.3 is 0 Å². The van der Waals surface area contributed by atoms with Crippen LogP contribution in [0.15, 0.2) is 61.1 Å². The van der Waals surface area contributed by atoms with Crippen LogP contribution in [0.4, 0.5) is 5.82 Å². The van der Waals surface area contributed by atoms with E-state index in [4.69, 9.17) is 10.5 Å². The van der Waals surface area contributed by atoms with Crippen molar-refractivity contribution >= 4 is 29.4 Å². The van der Waals surface area contributed by atoms with Gasteiger partial charge in [-0.25, -0.2) is 14.6 Å². The number of nitrogens with zero attached hydrogens (tertiary/aromatic N) is 6. The Bertz CT molecular complexity index is 1460. The summed E-state index contributed by atoms with van der Waals surface area (Å²) in [6.45, 7) is 1.67. The first kappa shape index (κ1) is 30.7.